The van der Waals surface area contributed by atoms with Gasteiger partial charge in [0.1, 0.15) is 5.82 Å². The third-order valence-electron chi connectivity index (χ3n) is 3.95. The number of halogens is 1. The lowest BCUT2D eigenvalue weighted by Gasteiger charge is -2.20. The Morgan fingerprint density at radius 1 is 1.25 bits per heavy atom. The lowest BCUT2D eigenvalue weighted by molar-refractivity contribution is -0.121. The zero-order valence-corrected chi connectivity index (χ0v) is 13.2. The summed E-state index contributed by atoms with van der Waals surface area (Å²) in [5.74, 6) is -0.591. The van der Waals surface area contributed by atoms with Crippen LogP contribution in [0.25, 0.3) is 10.9 Å². The highest BCUT2D eigenvalue weighted by Gasteiger charge is 2.19. The van der Waals surface area contributed by atoms with E-state index in [1.54, 1.807) is 6.92 Å². The fraction of sp³-hybridized carbons (Fsp3) is 0.222. The Labute approximate surface area is 138 Å². The normalized spacial score (nSPS) is 13.6. The van der Waals surface area contributed by atoms with E-state index in [1.807, 2.05) is 24.3 Å². The average molecular weight is 327 g/mol. The van der Waals surface area contributed by atoms with Gasteiger partial charge in [-0.3, -0.25) is 9.89 Å². The Morgan fingerprint density at radius 3 is 2.71 bits per heavy atom. The van der Waals surface area contributed by atoms with Crippen LogP contribution in [0.5, 0.6) is 0 Å². The van der Waals surface area contributed by atoms with Crippen molar-refractivity contribution in [1.29, 1.82) is 0 Å². The molecular formula is C18H18FN3O2. The highest BCUT2D eigenvalue weighted by atomic mass is 19.1. The van der Waals surface area contributed by atoms with Crippen molar-refractivity contribution in [2.24, 2.45) is 0 Å². The number of aliphatic hydroxyl groups excluding tert-OH is 1. The van der Waals surface area contributed by atoms with Gasteiger partial charge in [0.05, 0.1) is 29.8 Å². The molecule has 1 amide bonds. The van der Waals surface area contributed by atoms with Crippen molar-refractivity contribution in [3.63, 3.8) is 0 Å². The quantitative estimate of drug-likeness (QED) is 0.674. The van der Waals surface area contributed by atoms with Crippen molar-refractivity contribution < 1.29 is 14.3 Å². The second-order valence-electron chi connectivity index (χ2n) is 5.75. The molecule has 5 nitrogen and oxygen atoms in total. The second-order valence-corrected chi connectivity index (χ2v) is 5.75. The zero-order chi connectivity index (χ0) is 17.1. The molecule has 6 heteroatoms. The molecule has 1 heterocycles. The third-order valence-corrected chi connectivity index (χ3v) is 3.95. The first kappa shape index (κ1) is 16.1. The maximum absolute atomic E-state index is 12.9. The first-order chi connectivity index (χ1) is 11.5. The summed E-state index contributed by atoms with van der Waals surface area (Å²) in [6, 6.07) is 12.6. The number of nitrogens with zero attached hydrogens (tertiary/aromatic N) is 1. The predicted octanol–water partition coefficient (Wildman–Crippen LogP) is 2.48. The fourth-order valence-electron chi connectivity index (χ4n) is 2.64. The smallest absolute Gasteiger partial charge is 0.226 e. The summed E-state index contributed by atoms with van der Waals surface area (Å²) in [6.45, 7) is 1.71. The molecule has 0 saturated heterocycles. The number of nitrogens with one attached hydrogen (secondary N) is 2. The molecule has 24 heavy (non-hydrogen) atoms. The topological polar surface area (TPSA) is 78.0 Å². The minimum absolute atomic E-state index is 0.140. The SMILES string of the molecule is CC(NC(=O)Cc1[nH]nc2ccccc12)C(O)c1ccc(F)cc1. The van der Waals surface area contributed by atoms with E-state index in [4.69, 9.17) is 0 Å². The van der Waals surface area contributed by atoms with Gasteiger partial charge in [0, 0.05) is 5.39 Å². The summed E-state index contributed by atoms with van der Waals surface area (Å²) in [5.41, 5.74) is 2.09. The van der Waals surface area contributed by atoms with Gasteiger partial charge in [-0.05, 0) is 30.7 Å². The lowest BCUT2D eigenvalue weighted by atomic mass is 10.0. The summed E-state index contributed by atoms with van der Waals surface area (Å²) in [4.78, 5) is 12.2. The number of aromatic amines is 1. The molecule has 3 rings (SSSR count). The third kappa shape index (κ3) is 3.44. The second kappa shape index (κ2) is 6.80. The van der Waals surface area contributed by atoms with E-state index in [9.17, 15) is 14.3 Å². The van der Waals surface area contributed by atoms with Crippen molar-refractivity contribution in [3.8, 4) is 0 Å². The Hall–Kier alpha value is -2.73. The van der Waals surface area contributed by atoms with Gasteiger partial charge in [0.25, 0.3) is 0 Å². The summed E-state index contributed by atoms with van der Waals surface area (Å²) in [6.07, 6.45) is -0.769. The van der Waals surface area contributed by atoms with Gasteiger partial charge in [-0.25, -0.2) is 4.39 Å². The number of rotatable bonds is 5. The van der Waals surface area contributed by atoms with Gasteiger partial charge >= 0.3 is 0 Å². The number of fused-ring (bicyclic) bond motifs is 1. The maximum atomic E-state index is 12.9. The number of H-pyrrole nitrogens is 1. The van der Waals surface area contributed by atoms with E-state index >= 15 is 0 Å². The van der Waals surface area contributed by atoms with Crippen LogP contribution in [0.3, 0.4) is 0 Å². The Morgan fingerprint density at radius 2 is 1.96 bits per heavy atom. The van der Waals surface area contributed by atoms with Crippen molar-refractivity contribution in [2.75, 3.05) is 0 Å². The number of benzene rings is 2. The molecule has 2 atom stereocenters. The molecule has 0 radical (unpaired) electrons. The van der Waals surface area contributed by atoms with Gasteiger partial charge in [-0.2, -0.15) is 5.10 Å². The molecule has 3 N–H and O–H groups in total. The molecule has 0 saturated carbocycles. The predicted molar refractivity (Wildman–Crippen MR) is 88.8 cm³/mol. The molecule has 124 valence electrons. The first-order valence-corrected chi connectivity index (χ1v) is 7.69. The number of carbonyl (C=O) groups is 1. The molecule has 0 spiro atoms. The number of hydrogen-bond donors (Lipinski definition) is 3. The summed E-state index contributed by atoms with van der Waals surface area (Å²) >= 11 is 0. The monoisotopic (exact) mass is 327 g/mol. The molecule has 0 aliphatic carbocycles. The van der Waals surface area contributed by atoms with E-state index in [2.05, 4.69) is 15.5 Å². The fourth-order valence-corrected chi connectivity index (χ4v) is 2.64. The lowest BCUT2D eigenvalue weighted by Crippen LogP contribution is -2.38. The number of aliphatic hydroxyl groups is 1. The maximum Gasteiger partial charge on any atom is 0.226 e. The highest BCUT2D eigenvalue weighted by Crippen LogP contribution is 2.18. The van der Waals surface area contributed by atoms with Crippen molar-refractivity contribution in [3.05, 3.63) is 65.6 Å². The van der Waals surface area contributed by atoms with Crippen LogP contribution >= 0.6 is 0 Å². The standard InChI is InChI=1S/C18H18FN3O2/c1-11(18(24)12-6-8-13(19)9-7-12)20-17(23)10-16-14-4-2-3-5-15(14)21-22-16/h2-9,11,18,24H,10H2,1H3,(H,20,23)(H,21,22). The highest BCUT2D eigenvalue weighted by molar-refractivity contribution is 5.87. The van der Waals surface area contributed by atoms with Gasteiger partial charge in [-0.1, -0.05) is 30.3 Å². The molecule has 0 aliphatic rings. The van der Waals surface area contributed by atoms with Gasteiger partial charge in [-0.15, -0.1) is 0 Å². The number of hydrogen-bond acceptors (Lipinski definition) is 3. The number of amides is 1. The molecule has 1 aromatic heterocycles. The summed E-state index contributed by atoms with van der Waals surface area (Å²) in [7, 11) is 0. The van der Waals surface area contributed by atoms with E-state index in [1.165, 1.54) is 24.3 Å². The van der Waals surface area contributed by atoms with Crippen LogP contribution in [0.1, 0.15) is 24.3 Å². The molecule has 0 aliphatic heterocycles. The van der Waals surface area contributed by atoms with Crippen molar-refractivity contribution in [1.82, 2.24) is 15.5 Å². The minimum atomic E-state index is -0.909. The summed E-state index contributed by atoms with van der Waals surface area (Å²) in [5, 5.41) is 21.0. The minimum Gasteiger partial charge on any atom is -0.386 e. The Kier molecular flexibility index (Phi) is 4.57. The van der Waals surface area contributed by atoms with Gasteiger partial charge < -0.3 is 10.4 Å². The molecular weight excluding hydrogens is 309 g/mol. The van der Waals surface area contributed by atoms with Crippen LogP contribution < -0.4 is 5.32 Å². The first-order valence-electron chi connectivity index (χ1n) is 7.69. The van der Waals surface area contributed by atoms with E-state index in [0.29, 0.717) is 5.56 Å². The molecule has 3 aromatic rings. The number of para-hydroxylation sites is 1. The zero-order valence-electron chi connectivity index (χ0n) is 13.2. The van der Waals surface area contributed by atoms with Gasteiger partial charge in [0.2, 0.25) is 5.91 Å². The van der Waals surface area contributed by atoms with E-state index in [0.717, 1.165) is 16.6 Å². The number of carbonyl (C=O) groups excluding carboxylic acids is 1. The molecule has 2 aromatic carbocycles. The van der Waals surface area contributed by atoms with E-state index in [-0.39, 0.29) is 18.1 Å². The van der Waals surface area contributed by atoms with Crippen LogP contribution in [-0.2, 0) is 11.2 Å². The average Bonchev–Trinajstić information content (AvgIpc) is 2.98. The number of aromatic nitrogens is 2. The Balaban J connectivity index is 1.64. The van der Waals surface area contributed by atoms with Crippen LogP contribution in [-0.4, -0.2) is 27.3 Å². The van der Waals surface area contributed by atoms with Gasteiger partial charge in [0.15, 0.2) is 0 Å². The van der Waals surface area contributed by atoms with Crippen LogP contribution in [0.15, 0.2) is 48.5 Å². The summed E-state index contributed by atoms with van der Waals surface area (Å²) < 4.78 is 12.9. The largest absolute Gasteiger partial charge is 0.386 e. The van der Waals surface area contributed by atoms with Crippen LogP contribution in [0, 0.1) is 5.82 Å². The van der Waals surface area contributed by atoms with Crippen LogP contribution in [0.2, 0.25) is 0 Å². The van der Waals surface area contributed by atoms with Crippen molar-refractivity contribution in [2.45, 2.75) is 25.5 Å². The molecule has 2 unspecified atom stereocenters. The van der Waals surface area contributed by atoms with E-state index < -0.39 is 12.1 Å². The molecule has 0 bridgehead atoms. The molecule has 0 fully saturated rings. The Bertz CT molecular complexity index is 845. The van der Waals surface area contributed by atoms with Crippen LogP contribution in [0.4, 0.5) is 4.39 Å². The van der Waals surface area contributed by atoms with Crippen molar-refractivity contribution >= 4 is 16.8 Å².